The molecule has 1 aliphatic rings. The highest BCUT2D eigenvalue weighted by Crippen LogP contribution is 2.32. The second-order valence-electron chi connectivity index (χ2n) is 6.76. The third kappa shape index (κ3) is 3.98. The minimum atomic E-state index is -0.210. The molecule has 1 saturated carbocycles. The molecule has 0 aliphatic heterocycles. The number of H-pyrrole nitrogens is 1. The fraction of sp³-hybridized carbons (Fsp3) is 0.286. The van der Waals surface area contributed by atoms with Gasteiger partial charge in [-0.2, -0.15) is 5.10 Å². The lowest BCUT2D eigenvalue weighted by molar-refractivity contribution is 0.102. The third-order valence-electron chi connectivity index (χ3n) is 4.85. The Morgan fingerprint density at radius 1 is 1.11 bits per heavy atom. The van der Waals surface area contributed by atoms with Gasteiger partial charge in [0.05, 0.1) is 13.2 Å². The van der Waals surface area contributed by atoms with Crippen LogP contribution in [0.2, 0.25) is 0 Å². The second-order valence-corrected chi connectivity index (χ2v) is 6.76. The molecular weight excluding hydrogens is 356 g/mol. The number of hydrogen-bond donors (Lipinski definition) is 2. The molecule has 0 saturated heterocycles. The van der Waals surface area contributed by atoms with E-state index in [0.29, 0.717) is 28.6 Å². The average molecular weight is 378 g/mol. The number of rotatable bonds is 6. The zero-order valence-electron chi connectivity index (χ0n) is 15.6. The summed E-state index contributed by atoms with van der Waals surface area (Å²) in [5, 5.41) is 9.54. The fourth-order valence-corrected chi connectivity index (χ4v) is 3.35. The highest BCUT2D eigenvalue weighted by molar-refractivity contribution is 6.04. The van der Waals surface area contributed by atoms with Gasteiger partial charge in [0.1, 0.15) is 6.33 Å². The summed E-state index contributed by atoms with van der Waals surface area (Å²) in [5.74, 6) is 1.72. The van der Waals surface area contributed by atoms with E-state index in [1.54, 1.807) is 25.3 Å². The molecule has 0 radical (unpaired) electrons. The van der Waals surface area contributed by atoms with Crippen LogP contribution in [0.1, 0.15) is 36.0 Å². The molecule has 1 heterocycles. The summed E-state index contributed by atoms with van der Waals surface area (Å²) < 4.78 is 11.5. The van der Waals surface area contributed by atoms with Gasteiger partial charge in [-0.25, -0.2) is 4.98 Å². The van der Waals surface area contributed by atoms with Crippen LogP contribution < -0.4 is 14.8 Å². The van der Waals surface area contributed by atoms with Crippen LogP contribution in [-0.4, -0.2) is 34.3 Å². The molecule has 1 aromatic heterocycles. The molecule has 1 amide bonds. The number of anilines is 1. The van der Waals surface area contributed by atoms with Crippen LogP contribution >= 0.6 is 0 Å². The number of benzene rings is 2. The number of nitrogens with zero attached hydrogens (tertiary/aromatic N) is 2. The molecule has 7 nitrogen and oxygen atoms in total. The van der Waals surface area contributed by atoms with E-state index >= 15 is 0 Å². The van der Waals surface area contributed by atoms with E-state index in [4.69, 9.17) is 9.47 Å². The summed E-state index contributed by atoms with van der Waals surface area (Å²) in [6, 6.07) is 12.7. The maximum atomic E-state index is 12.6. The van der Waals surface area contributed by atoms with E-state index in [-0.39, 0.29) is 12.0 Å². The van der Waals surface area contributed by atoms with Crippen molar-refractivity contribution >= 4 is 11.6 Å². The molecule has 4 rings (SSSR count). The number of hydrogen-bond acceptors (Lipinski definition) is 5. The van der Waals surface area contributed by atoms with Crippen LogP contribution in [0.25, 0.3) is 11.4 Å². The Bertz CT molecular complexity index is 933. The Hall–Kier alpha value is -3.35. The molecule has 144 valence electrons. The summed E-state index contributed by atoms with van der Waals surface area (Å²) in [6.45, 7) is 0. The van der Waals surface area contributed by atoms with Gasteiger partial charge in [0.25, 0.3) is 5.91 Å². The first kappa shape index (κ1) is 18.0. The predicted molar refractivity (Wildman–Crippen MR) is 106 cm³/mol. The monoisotopic (exact) mass is 378 g/mol. The smallest absolute Gasteiger partial charge is 0.255 e. The topological polar surface area (TPSA) is 89.1 Å². The van der Waals surface area contributed by atoms with E-state index in [1.165, 1.54) is 19.2 Å². The van der Waals surface area contributed by atoms with Gasteiger partial charge in [0, 0.05) is 16.8 Å². The van der Waals surface area contributed by atoms with Gasteiger partial charge in [0.15, 0.2) is 17.3 Å². The van der Waals surface area contributed by atoms with Gasteiger partial charge in [-0.15, -0.1) is 0 Å². The molecule has 2 N–H and O–H groups in total. The Labute approximate surface area is 163 Å². The molecule has 3 aromatic rings. The molecule has 0 unspecified atom stereocenters. The molecule has 1 aliphatic carbocycles. The number of nitrogens with one attached hydrogen (secondary N) is 2. The lowest BCUT2D eigenvalue weighted by Crippen LogP contribution is -2.14. The molecule has 0 atom stereocenters. The Kier molecular flexibility index (Phi) is 5.23. The van der Waals surface area contributed by atoms with Crippen LogP contribution in [-0.2, 0) is 0 Å². The van der Waals surface area contributed by atoms with Crippen LogP contribution in [0.15, 0.2) is 48.8 Å². The average Bonchev–Trinajstić information content (AvgIpc) is 3.43. The van der Waals surface area contributed by atoms with E-state index in [1.807, 2.05) is 24.3 Å². The van der Waals surface area contributed by atoms with Crippen molar-refractivity contribution in [2.24, 2.45) is 0 Å². The highest BCUT2D eigenvalue weighted by Gasteiger charge is 2.19. The van der Waals surface area contributed by atoms with Gasteiger partial charge in [0.2, 0.25) is 0 Å². The number of ether oxygens (including phenoxy) is 2. The van der Waals surface area contributed by atoms with Crippen molar-refractivity contribution in [1.29, 1.82) is 0 Å². The quantitative estimate of drug-likeness (QED) is 0.675. The highest BCUT2D eigenvalue weighted by atomic mass is 16.5. The predicted octanol–water partition coefficient (Wildman–Crippen LogP) is 4.05. The summed E-state index contributed by atoms with van der Waals surface area (Å²) in [6.07, 6.45) is 6.21. The third-order valence-corrected chi connectivity index (χ3v) is 4.85. The zero-order valence-corrected chi connectivity index (χ0v) is 15.6. The first-order chi connectivity index (χ1) is 13.7. The SMILES string of the molecule is COc1cc(C(=O)Nc2ccc(-c3ncn[nH]3)cc2)ccc1OC1CCCC1. The Balaban J connectivity index is 1.45. The lowest BCUT2D eigenvalue weighted by atomic mass is 10.1. The maximum Gasteiger partial charge on any atom is 0.255 e. The number of aromatic nitrogens is 3. The Morgan fingerprint density at radius 2 is 1.89 bits per heavy atom. The van der Waals surface area contributed by atoms with Crippen molar-refractivity contribution in [1.82, 2.24) is 15.2 Å². The lowest BCUT2D eigenvalue weighted by Gasteiger charge is -2.16. The largest absolute Gasteiger partial charge is 0.493 e. The van der Waals surface area contributed by atoms with Gasteiger partial charge in [-0.3, -0.25) is 9.89 Å². The van der Waals surface area contributed by atoms with Crippen molar-refractivity contribution in [2.45, 2.75) is 31.8 Å². The summed E-state index contributed by atoms with van der Waals surface area (Å²) in [5.41, 5.74) is 2.10. The van der Waals surface area contributed by atoms with E-state index < -0.39 is 0 Å². The van der Waals surface area contributed by atoms with Gasteiger partial charge in [-0.1, -0.05) is 0 Å². The summed E-state index contributed by atoms with van der Waals surface area (Å²) >= 11 is 0. The summed E-state index contributed by atoms with van der Waals surface area (Å²) in [7, 11) is 1.58. The van der Waals surface area contributed by atoms with Crippen molar-refractivity contribution in [3.8, 4) is 22.9 Å². The number of carbonyl (C=O) groups excluding carboxylic acids is 1. The van der Waals surface area contributed by atoms with Crippen LogP contribution in [0, 0.1) is 0 Å². The first-order valence-corrected chi connectivity index (χ1v) is 9.35. The van der Waals surface area contributed by atoms with E-state index in [0.717, 1.165) is 18.4 Å². The number of carbonyl (C=O) groups is 1. The minimum absolute atomic E-state index is 0.210. The van der Waals surface area contributed by atoms with Gasteiger partial charge < -0.3 is 14.8 Å². The van der Waals surface area contributed by atoms with Crippen molar-refractivity contribution in [3.63, 3.8) is 0 Å². The molecule has 1 fully saturated rings. The standard InChI is InChI=1S/C21H22N4O3/c1-27-19-12-15(8-11-18(19)28-17-4-2-3-5-17)21(26)24-16-9-6-14(7-10-16)20-22-13-23-25-20/h6-13,17H,2-5H2,1H3,(H,24,26)(H,22,23,25). The Morgan fingerprint density at radius 3 is 2.57 bits per heavy atom. The van der Waals surface area contributed by atoms with E-state index in [9.17, 15) is 4.79 Å². The van der Waals surface area contributed by atoms with Crippen molar-refractivity contribution < 1.29 is 14.3 Å². The molecular formula is C21H22N4O3. The van der Waals surface area contributed by atoms with Crippen LogP contribution in [0.4, 0.5) is 5.69 Å². The number of methoxy groups -OCH3 is 1. The van der Waals surface area contributed by atoms with Gasteiger partial charge in [-0.05, 0) is 68.1 Å². The van der Waals surface area contributed by atoms with Crippen LogP contribution in [0.5, 0.6) is 11.5 Å². The molecule has 0 spiro atoms. The molecule has 2 aromatic carbocycles. The minimum Gasteiger partial charge on any atom is -0.493 e. The maximum absolute atomic E-state index is 12.6. The zero-order chi connectivity index (χ0) is 19.3. The molecule has 28 heavy (non-hydrogen) atoms. The molecule has 7 heteroatoms. The first-order valence-electron chi connectivity index (χ1n) is 9.35. The van der Waals surface area contributed by atoms with Gasteiger partial charge >= 0.3 is 0 Å². The second kappa shape index (κ2) is 8.12. The normalized spacial score (nSPS) is 14.0. The van der Waals surface area contributed by atoms with Crippen LogP contribution in [0.3, 0.4) is 0 Å². The van der Waals surface area contributed by atoms with E-state index in [2.05, 4.69) is 20.5 Å². The van der Waals surface area contributed by atoms with Crippen molar-refractivity contribution in [3.05, 3.63) is 54.4 Å². The van der Waals surface area contributed by atoms with Crippen molar-refractivity contribution in [2.75, 3.05) is 12.4 Å². The fourth-order valence-electron chi connectivity index (χ4n) is 3.35. The number of aromatic amines is 1. The summed E-state index contributed by atoms with van der Waals surface area (Å²) in [4.78, 5) is 16.7. The number of amides is 1. The molecule has 0 bridgehead atoms.